The maximum absolute atomic E-state index is 13.6. The molecule has 3 fully saturated rings. The highest BCUT2D eigenvalue weighted by Gasteiger charge is 2.36. The molecule has 9 aromatic rings. The number of aryl methyl sites for hydroxylation is 3. The number of alkyl carbamates (subject to hydrolysis) is 2. The Kier molecular flexibility index (Phi) is 29.7. The number of aromatic nitrogens is 9. The van der Waals surface area contributed by atoms with Crippen molar-refractivity contribution in [1.29, 1.82) is 0 Å². The van der Waals surface area contributed by atoms with Gasteiger partial charge in [0, 0.05) is 106 Å². The Labute approximate surface area is 668 Å². The molecule has 6 aromatic heterocycles. The minimum absolute atomic E-state index is 0. The van der Waals surface area contributed by atoms with Crippen LogP contribution in [0.5, 0.6) is 0 Å². The number of hydrogen-bond donors (Lipinski definition) is 13. The number of amides is 7. The van der Waals surface area contributed by atoms with Gasteiger partial charge in [-0.2, -0.15) is 15.3 Å². The van der Waals surface area contributed by atoms with E-state index < -0.39 is 47.5 Å². The van der Waals surface area contributed by atoms with Crippen LogP contribution in [0.25, 0.3) is 66.9 Å². The topological polar surface area (TPSA) is 449 Å². The van der Waals surface area contributed by atoms with Crippen LogP contribution >= 0.6 is 24.8 Å². The van der Waals surface area contributed by atoms with Gasteiger partial charge in [0.2, 0.25) is 11.8 Å². The van der Waals surface area contributed by atoms with Crippen LogP contribution in [0.2, 0.25) is 0 Å². The molecule has 3 aliphatic heterocycles. The Hall–Kier alpha value is -11.4. The molecule has 9 heterocycles. The number of nitrogens with zero attached hydrogens (tertiary/aromatic N) is 9. The predicted molar refractivity (Wildman–Crippen MR) is 445 cm³/mol. The monoisotopic (exact) mass is 1600 g/mol. The van der Waals surface area contributed by atoms with Gasteiger partial charge in [-0.15, -0.1) is 24.8 Å². The molecule has 3 aliphatic carbocycles. The van der Waals surface area contributed by atoms with Gasteiger partial charge in [-0.25, -0.2) is 45.6 Å². The van der Waals surface area contributed by atoms with Crippen molar-refractivity contribution in [2.45, 2.75) is 189 Å². The third kappa shape index (κ3) is 21.0. The number of anilines is 3. The first-order valence-corrected chi connectivity index (χ1v) is 36.4. The quantitative estimate of drug-likeness (QED) is 0.0477. The van der Waals surface area contributed by atoms with Gasteiger partial charge in [0.25, 0.3) is 17.7 Å². The summed E-state index contributed by atoms with van der Waals surface area (Å²) in [6.45, 7) is 10.6. The summed E-state index contributed by atoms with van der Waals surface area (Å²) >= 11 is 0. The number of hydrazone groups is 3. The number of aliphatic carboxylic acids is 1. The first-order valence-electron chi connectivity index (χ1n) is 36.4. The molecule has 7 amide bonds. The number of carbonyl (C=O) groups is 8. The molecule has 34 heteroatoms. The van der Waals surface area contributed by atoms with Crippen LogP contribution in [0.3, 0.4) is 0 Å². The van der Waals surface area contributed by atoms with Gasteiger partial charge >= 0.3 is 18.2 Å². The molecule has 3 saturated carbocycles. The summed E-state index contributed by atoms with van der Waals surface area (Å²) in [5.74, 6) is -2.33. The number of nitrogen functional groups attached to an aromatic ring is 1. The number of halogens is 2. The van der Waals surface area contributed by atoms with E-state index in [2.05, 4.69) is 82.8 Å². The molecule has 15 rings (SSSR count). The number of ether oxygens (including phenoxy) is 2. The molecule has 3 aromatic carbocycles. The fourth-order valence-corrected chi connectivity index (χ4v) is 14.8. The highest BCUT2D eigenvalue weighted by molar-refractivity contribution is 6.21. The van der Waals surface area contributed by atoms with E-state index in [1.54, 1.807) is 110 Å². The van der Waals surface area contributed by atoms with Crippen molar-refractivity contribution in [3.8, 4) is 34.2 Å². The molecule has 6 aliphatic rings. The standard InChI is InChI=1S/C27H33N7O4.C22H25N7O2.C14H12N6O.C13H23NO4.3CH4.2ClH/c1-27(2,3)38-26(37)32-22(15-8-6-5-7-9-15)25(36)30-16-10-17-21-18(12-29-33-24(17)35)23(31-19(21)11-16)20-13-34(4)14-28-20;1-29-10-17(24-11-29)20-15-9-25-28-21(30)14-7-13(8-16(27-20)18(14)15)26-22(31)19(23)12-5-3-2-4-6-12;1-20-5-11(16-6-20)13-9-4-17-19-14(21)8-2-7(15)3-10(18-13)12(8)9;1-13(2,3)18-12(17)14-10(11(15)16)9-7-5-4-6-8-9;;;;;/h10-15,22,31H,5-9H2,1-4H3,(H,30,36)(H,32,37)(H,33,35);7-12,19,27H,2-6,23H2,1H3,(H,26,31)(H,28,30);2-6,18H,15H2,1H3,(H,19,21);9-10H,4-8H2,1-3H3,(H,14,17)(H,15,16);3*1H4;2*1H/t22-;19-;;10-;;;;;/m11.1...../s1. The van der Waals surface area contributed by atoms with E-state index in [1.807, 2.05) is 59.5 Å². The van der Waals surface area contributed by atoms with Gasteiger partial charge in [-0.3, -0.25) is 24.0 Å². The lowest BCUT2D eigenvalue weighted by Crippen LogP contribution is -2.50. The molecular weight excluding hydrogens is 1490 g/mol. The van der Waals surface area contributed by atoms with Crippen molar-refractivity contribution < 1.29 is 52.9 Å². The number of imidazole rings is 3. The van der Waals surface area contributed by atoms with Crippen LogP contribution in [0.15, 0.2) is 89.3 Å². The zero-order chi connectivity index (χ0) is 76.9. The number of rotatable bonds is 13. The van der Waals surface area contributed by atoms with Gasteiger partial charge in [0.15, 0.2) is 0 Å². The van der Waals surface area contributed by atoms with Crippen LogP contribution in [0.4, 0.5) is 26.7 Å². The molecule has 3 atom stereocenters. The van der Waals surface area contributed by atoms with Crippen molar-refractivity contribution in [3.63, 3.8) is 0 Å². The Bertz CT molecular complexity index is 5030. The first kappa shape index (κ1) is 88.8. The van der Waals surface area contributed by atoms with E-state index in [9.17, 15) is 43.5 Å². The minimum Gasteiger partial charge on any atom is -0.480 e. The van der Waals surface area contributed by atoms with Gasteiger partial charge in [-0.05, 0) is 134 Å². The second-order valence-corrected chi connectivity index (χ2v) is 30.3. The average Bonchev–Trinajstić information content (AvgIpc) is 1.61. The Balaban J connectivity index is 0.000000214. The van der Waals surface area contributed by atoms with Crippen molar-refractivity contribution in [3.05, 3.63) is 107 Å². The maximum atomic E-state index is 13.6. The van der Waals surface area contributed by atoms with E-state index in [0.29, 0.717) is 50.3 Å². The zero-order valence-corrected chi connectivity index (χ0v) is 64.4. The highest BCUT2D eigenvalue weighted by Crippen LogP contribution is 2.39. The first-order chi connectivity index (χ1) is 51.5. The van der Waals surface area contributed by atoms with Gasteiger partial charge in [0.05, 0.1) is 77.4 Å². The third-order valence-corrected chi connectivity index (χ3v) is 19.7. The number of nitrogens with two attached hydrogens (primary N) is 2. The maximum Gasteiger partial charge on any atom is 0.408 e. The van der Waals surface area contributed by atoms with Crippen molar-refractivity contribution >= 4 is 141 Å². The minimum atomic E-state index is -0.979. The lowest BCUT2D eigenvalue weighted by molar-refractivity contribution is -0.141. The number of benzene rings is 3. The number of nitrogens with one attached hydrogen (secondary N) is 10. The second-order valence-electron chi connectivity index (χ2n) is 30.3. The number of carbonyl (C=O) groups excluding carboxylic acids is 7. The summed E-state index contributed by atoms with van der Waals surface area (Å²) in [4.78, 5) is 123. The Morgan fingerprint density at radius 2 is 0.814 bits per heavy atom. The van der Waals surface area contributed by atoms with Gasteiger partial charge < -0.3 is 76.0 Å². The number of H-pyrrole nitrogens is 3. The molecule has 0 unspecified atom stereocenters. The van der Waals surface area contributed by atoms with E-state index in [4.69, 9.17) is 20.9 Å². The van der Waals surface area contributed by atoms with E-state index in [-0.39, 0.29) is 94.4 Å². The van der Waals surface area contributed by atoms with Crippen LogP contribution in [0, 0.1) is 17.8 Å². The third-order valence-electron chi connectivity index (χ3n) is 19.7. The van der Waals surface area contributed by atoms with Gasteiger partial charge in [0.1, 0.15) is 40.4 Å². The second kappa shape index (κ2) is 37.8. The molecule has 15 N–H and O–H groups in total. The normalized spacial score (nSPS) is 15.9. The Morgan fingerprint density at radius 3 is 1.16 bits per heavy atom. The molecular formula is C79H107Cl2N21O11. The van der Waals surface area contributed by atoms with Crippen LogP contribution in [0.1, 0.15) is 208 Å². The highest BCUT2D eigenvalue weighted by atomic mass is 35.5. The van der Waals surface area contributed by atoms with Crippen LogP contribution in [-0.2, 0) is 45.0 Å². The molecule has 608 valence electrons. The van der Waals surface area contributed by atoms with Crippen molar-refractivity contribution in [2.75, 3.05) is 16.4 Å². The molecule has 32 nitrogen and oxygen atoms in total. The molecule has 0 saturated heterocycles. The average molecular weight is 1600 g/mol. The summed E-state index contributed by atoms with van der Waals surface area (Å²) in [6, 6.07) is 8.23. The van der Waals surface area contributed by atoms with E-state index in [1.165, 1.54) is 6.42 Å². The zero-order valence-electron chi connectivity index (χ0n) is 62.8. The summed E-state index contributed by atoms with van der Waals surface area (Å²) < 4.78 is 16.1. The van der Waals surface area contributed by atoms with E-state index in [0.717, 1.165) is 157 Å². The number of hydrogen-bond acceptors (Lipinski definition) is 18. The summed E-state index contributed by atoms with van der Waals surface area (Å²) in [7, 11) is 5.67. The molecule has 0 spiro atoms. The smallest absolute Gasteiger partial charge is 0.408 e. The van der Waals surface area contributed by atoms with Crippen LogP contribution in [-0.4, -0.2) is 144 Å². The molecule has 0 radical (unpaired) electrons. The number of aromatic amines is 3. The molecule has 113 heavy (non-hydrogen) atoms. The number of carboxylic acid groups (broad SMARTS) is 1. The summed E-state index contributed by atoms with van der Waals surface area (Å²) in [5, 5.41) is 34.7. The van der Waals surface area contributed by atoms with Gasteiger partial charge in [-0.1, -0.05) is 80.1 Å². The SMILES string of the molecule is C.C.C.CC(C)(C)OC(=O)N[C@@H](C(=O)O)C1CCCCC1.Cl.Cl.Cn1cnc(-c2[nH]c3cc(N)cc4c3c2C=NNC4=O)c1.Cn1cnc(-c2[nH]c3cc(NC(=O)[C@H](N)C4CCCCC4)cc4c3c2C=NNC4=O)c1.Cn1cnc(-c2[nH]c3cc(NC(=O)[C@H](NC(=O)OC(C)(C)C)C4CCCCC4)cc4c3c2C=NNC4=O)c1. The fourth-order valence-electron chi connectivity index (χ4n) is 14.8. The summed E-state index contributed by atoms with van der Waals surface area (Å²) in [6.07, 6.45) is 29.5. The fraction of sp³-hybridized carbons (Fsp3) is 0.443. The predicted octanol–water partition coefficient (Wildman–Crippen LogP) is 13.1. The lowest BCUT2D eigenvalue weighted by atomic mass is 9.83. The molecule has 0 bridgehead atoms. The Morgan fingerprint density at radius 1 is 0.487 bits per heavy atom. The van der Waals surface area contributed by atoms with Crippen molar-refractivity contribution in [1.82, 2.24) is 70.5 Å². The van der Waals surface area contributed by atoms with E-state index >= 15 is 0 Å². The van der Waals surface area contributed by atoms with Crippen LogP contribution < -0.4 is 49.0 Å². The lowest BCUT2D eigenvalue weighted by Gasteiger charge is -2.31. The largest absolute Gasteiger partial charge is 0.480 e. The number of carboxylic acids is 1. The summed E-state index contributed by atoms with van der Waals surface area (Å²) in [5.41, 5.74) is 30.2. The van der Waals surface area contributed by atoms with Crippen molar-refractivity contribution in [2.24, 2.45) is 59.9 Å².